The van der Waals surface area contributed by atoms with Crippen LogP contribution in [-0.4, -0.2) is 60.6 Å². The second-order valence-corrected chi connectivity index (χ2v) is 7.59. The van der Waals surface area contributed by atoms with Crippen molar-refractivity contribution in [3.63, 3.8) is 0 Å². The molecule has 9 heteroatoms. The lowest BCUT2D eigenvalue weighted by Crippen LogP contribution is -2.32. The molecule has 0 radical (unpaired) electrons. The summed E-state index contributed by atoms with van der Waals surface area (Å²) in [5, 5.41) is 8.24. The summed E-state index contributed by atoms with van der Waals surface area (Å²) in [6.07, 6.45) is 6.92. The molecule has 28 heavy (non-hydrogen) atoms. The molecule has 2 aliphatic rings. The van der Waals surface area contributed by atoms with Gasteiger partial charge in [-0.3, -0.25) is 9.69 Å². The molecule has 5 rings (SSSR count). The number of nitrogens with zero attached hydrogens (tertiary/aromatic N) is 8. The molecule has 0 spiro atoms. The lowest BCUT2D eigenvalue weighted by molar-refractivity contribution is 0.306. The maximum atomic E-state index is 12.2. The van der Waals surface area contributed by atoms with Gasteiger partial charge >= 0.3 is 0 Å². The Morgan fingerprint density at radius 1 is 1.04 bits per heavy atom. The molecule has 2 unspecified atom stereocenters. The van der Waals surface area contributed by atoms with Crippen LogP contribution in [0.25, 0.3) is 5.82 Å². The van der Waals surface area contributed by atoms with Gasteiger partial charge in [0.05, 0.1) is 0 Å². The second kappa shape index (κ2) is 6.83. The third-order valence-corrected chi connectivity index (χ3v) is 5.74. The Kier molecular flexibility index (Phi) is 4.16. The van der Waals surface area contributed by atoms with Crippen molar-refractivity contribution in [1.29, 1.82) is 0 Å². The van der Waals surface area contributed by atoms with Crippen molar-refractivity contribution >= 4 is 5.82 Å². The van der Waals surface area contributed by atoms with Gasteiger partial charge in [0.15, 0.2) is 5.82 Å². The quantitative estimate of drug-likeness (QED) is 0.646. The van der Waals surface area contributed by atoms with E-state index in [0.29, 0.717) is 18.4 Å². The minimum absolute atomic E-state index is 0.00618. The number of fused-ring (bicyclic) bond motifs is 1. The summed E-state index contributed by atoms with van der Waals surface area (Å²) in [5.74, 6) is 2.91. The molecule has 0 N–H and O–H groups in total. The number of rotatable bonds is 4. The largest absolute Gasteiger partial charge is 0.356 e. The van der Waals surface area contributed by atoms with Crippen LogP contribution in [-0.2, 0) is 13.6 Å². The van der Waals surface area contributed by atoms with E-state index in [1.165, 1.54) is 4.68 Å². The number of aromatic nitrogens is 6. The van der Waals surface area contributed by atoms with Crippen LogP contribution in [0, 0.1) is 11.8 Å². The van der Waals surface area contributed by atoms with Gasteiger partial charge in [-0.25, -0.2) is 19.3 Å². The van der Waals surface area contributed by atoms with Crippen molar-refractivity contribution in [2.24, 2.45) is 18.9 Å². The first-order chi connectivity index (χ1) is 13.7. The lowest BCUT2D eigenvalue weighted by atomic mass is 10.0. The van der Waals surface area contributed by atoms with Crippen LogP contribution in [0.4, 0.5) is 5.82 Å². The van der Waals surface area contributed by atoms with Crippen LogP contribution in [0.2, 0.25) is 0 Å². The number of hydrogen-bond acceptors (Lipinski definition) is 7. The van der Waals surface area contributed by atoms with Crippen LogP contribution in [0.3, 0.4) is 0 Å². The third kappa shape index (κ3) is 3.07. The van der Waals surface area contributed by atoms with Crippen LogP contribution >= 0.6 is 0 Å². The van der Waals surface area contributed by atoms with Crippen molar-refractivity contribution in [2.75, 3.05) is 31.1 Å². The molecule has 2 aliphatic heterocycles. The van der Waals surface area contributed by atoms with Crippen molar-refractivity contribution < 1.29 is 0 Å². The van der Waals surface area contributed by atoms with Crippen LogP contribution in [0.5, 0.6) is 0 Å². The number of anilines is 1. The normalized spacial score (nSPS) is 22.0. The molecule has 0 amide bonds. The molecule has 9 nitrogen and oxygen atoms in total. The van der Waals surface area contributed by atoms with Gasteiger partial charge < -0.3 is 4.90 Å². The molecule has 0 saturated carbocycles. The first-order valence-corrected chi connectivity index (χ1v) is 9.48. The highest BCUT2D eigenvalue weighted by molar-refractivity contribution is 5.44. The Balaban J connectivity index is 1.26. The monoisotopic (exact) mass is 378 g/mol. The van der Waals surface area contributed by atoms with E-state index in [2.05, 4.69) is 30.0 Å². The summed E-state index contributed by atoms with van der Waals surface area (Å²) in [5.41, 5.74) is 0.808. The summed E-state index contributed by atoms with van der Waals surface area (Å²) >= 11 is 0. The van der Waals surface area contributed by atoms with Gasteiger partial charge in [-0.05, 0) is 24.0 Å². The highest BCUT2D eigenvalue weighted by Gasteiger charge is 2.40. The highest BCUT2D eigenvalue weighted by atomic mass is 16.1. The van der Waals surface area contributed by atoms with E-state index in [4.69, 9.17) is 0 Å². The standard InChI is InChI=1S/C19H22N8O/c1-24-19(28)14(3-5-22-24)8-25-9-15-11-26(12-16(15)10-25)17-7-18(21-13-20-17)27-6-2-4-23-27/h2-7,13,15-16H,8-12H2,1H3. The van der Waals surface area contributed by atoms with Crippen molar-refractivity contribution in [2.45, 2.75) is 6.54 Å². The molecule has 0 aliphatic carbocycles. The molecular formula is C19H22N8O. The molecule has 2 saturated heterocycles. The van der Waals surface area contributed by atoms with Gasteiger partial charge in [0.25, 0.3) is 5.56 Å². The Labute approximate surface area is 162 Å². The molecule has 5 heterocycles. The van der Waals surface area contributed by atoms with Gasteiger partial charge in [-0.2, -0.15) is 10.2 Å². The van der Waals surface area contributed by atoms with Crippen molar-refractivity contribution in [1.82, 2.24) is 34.4 Å². The minimum atomic E-state index is -0.00618. The lowest BCUT2D eigenvalue weighted by Gasteiger charge is -2.22. The Bertz CT molecular complexity index is 1020. The van der Waals surface area contributed by atoms with E-state index in [-0.39, 0.29) is 5.56 Å². The van der Waals surface area contributed by atoms with Gasteiger partial charge in [-0.15, -0.1) is 0 Å². The molecule has 0 aromatic carbocycles. The molecule has 3 aromatic heterocycles. The van der Waals surface area contributed by atoms with E-state index in [9.17, 15) is 4.79 Å². The molecule has 0 bridgehead atoms. The zero-order valence-electron chi connectivity index (χ0n) is 15.7. The Morgan fingerprint density at radius 2 is 1.82 bits per heavy atom. The first-order valence-electron chi connectivity index (χ1n) is 9.48. The predicted molar refractivity (Wildman–Crippen MR) is 103 cm³/mol. The van der Waals surface area contributed by atoms with E-state index < -0.39 is 0 Å². The Morgan fingerprint density at radius 3 is 2.57 bits per heavy atom. The van der Waals surface area contributed by atoms with E-state index in [1.807, 2.05) is 24.4 Å². The van der Waals surface area contributed by atoms with E-state index >= 15 is 0 Å². The molecule has 3 aromatic rings. The summed E-state index contributed by atoms with van der Waals surface area (Å²) < 4.78 is 3.15. The van der Waals surface area contributed by atoms with Gasteiger partial charge in [-0.1, -0.05) is 0 Å². The van der Waals surface area contributed by atoms with Gasteiger partial charge in [0, 0.05) is 70.0 Å². The Hall–Kier alpha value is -3.07. The maximum Gasteiger partial charge on any atom is 0.270 e. The molecular weight excluding hydrogens is 356 g/mol. The number of aryl methyl sites for hydroxylation is 1. The van der Waals surface area contributed by atoms with Gasteiger partial charge in [0.2, 0.25) is 0 Å². The summed E-state index contributed by atoms with van der Waals surface area (Å²) in [6, 6.07) is 5.71. The molecule has 144 valence electrons. The fourth-order valence-corrected chi connectivity index (χ4v) is 4.36. The second-order valence-electron chi connectivity index (χ2n) is 7.59. The third-order valence-electron chi connectivity index (χ3n) is 5.74. The van der Waals surface area contributed by atoms with Crippen molar-refractivity contribution in [3.8, 4) is 5.82 Å². The smallest absolute Gasteiger partial charge is 0.270 e. The average molecular weight is 378 g/mol. The highest BCUT2D eigenvalue weighted by Crippen LogP contribution is 2.33. The predicted octanol–water partition coefficient (Wildman–Crippen LogP) is 0.324. The zero-order chi connectivity index (χ0) is 19.1. The fourth-order valence-electron chi connectivity index (χ4n) is 4.36. The number of hydrogen-bond donors (Lipinski definition) is 0. The molecule has 2 fully saturated rings. The maximum absolute atomic E-state index is 12.2. The minimum Gasteiger partial charge on any atom is -0.356 e. The average Bonchev–Trinajstić information content (AvgIpc) is 3.42. The summed E-state index contributed by atoms with van der Waals surface area (Å²) in [4.78, 5) is 25.7. The van der Waals surface area contributed by atoms with Gasteiger partial charge in [0.1, 0.15) is 12.1 Å². The SMILES string of the molecule is Cn1nccc(CN2CC3CN(c4cc(-n5cccn5)ncn4)CC3C2)c1=O. The molecule has 2 atom stereocenters. The summed E-state index contributed by atoms with van der Waals surface area (Å²) in [6.45, 7) is 4.66. The summed E-state index contributed by atoms with van der Waals surface area (Å²) in [7, 11) is 1.70. The fraction of sp³-hybridized carbons (Fsp3) is 0.421. The van der Waals surface area contributed by atoms with E-state index in [1.54, 1.807) is 30.5 Å². The van der Waals surface area contributed by atoms with Crippen LogP contribution < -0.4 is 10.5 Å². The van der Waals surface area contributed by atoms with E-state index in [0.717, 1.165) is 43.4 Å². The van der Waals surface area contributed by atoms with Crippen LogP contribution in [0.15, 0.2) is 47.9 Å². The van der Waals surface area contributed by atoms with Crippen LogP contribution in [0.1, 0.15) is 5.56 Å². The first kappa shape index (κ1) is 17.1. The van der Waals surface area contributed by atoms with Crippen molar-refractivity contribution in [3.05, 3.63) is 59.0 Å². The topological polar surface area (TPSA) is 85.0 Å². The zero-order valence-corrected chi connectivity index (χ0v) is 15.7. The number of likely N-dealkylation sites (tertiary alicyclic amines) is 1.